The van der Waals surface area contributed by atoms with Crippen molar-refractivity contribution < 1.29 is 9.53 Å². The lowest BCUT2D eigenvalue weighted by Gasteiger charge is -2.22. The van der Waals surface area contributed by atoms with Crippen LogP contribution < -0.4 is 0 Å². The summed E-state index contributed by atoms with van der Waals surface area (Å²) in [6.07, 6.45) is 1.02. The van der Waals surface area contributed by atoms with Gasteiger partial charge in [0.05, 0.1) is 6.61 Å². The van der Waals surface area contributed by atoms with Crippen LogP contribution in [0.15, 0.2) is 28.7 Å². The van der Waals surface area contributed by atoms with Gasteiger partial charge in [0.25, 0.3) is 5.91 Å². The fourth-order valence-electron chi connectivity index (χ4n) is 2.39. The van der Waals surface area contributed by atoms with Crippen LogP contribution >= 0.6 is 15.9 Å². The van der Waals surface area contributed by atoms with Gasteiger partial charge < -0.3 is 9.64 Å². The summed E-state index contributed by atoms with van der Waals surface area (Å²) in [4.78, 5) is 16.8. The zero-order valence-corrected chi connectivity index (χ0v) is 13.4. The van der Waals surface area contributed by atoms with Gasteiger partial charge in [0.1, 0.15) is 0 Å². The molecule has 0 saturated carbocycles. The van der Waals surface area contributed by atoms with Crippen LogP contribution in [0.25, 0.3) is 0 Å². The van der Waals surface area contributed by atoms with E-state index in [1.165, 1.54) is 0 Å². The molecular formula is C15H21BrN2O2. The Morgan fingerprint density at radius 1 is 1.20 bits per heavy atom. The highest BCUT2D eigenvalue weighted by atomic mass is 79.9. The average molecular weight is 341 g/mol. The summed E-state index contributed by atoms with van der Waals surface area (Å²) in [7, 11) is 1.72. The number of nitrogens with zero attached hydrogens (tertiary/aromatic N) is 2. The molecule has 110 valence electrons. The topological polar surface area (TPSA) is 32.8 Å². The van der Waals surface area contributed by atoms with E-state index in [9.17, 15) is 4.79 Å². The van der Waals surface area contributed by atoms with Crippen LogP contribution in [-0.4, -0.2) is 62.1 Å². The maximum Gasteiger partial charge on any atom is 0.253 e. The number of rotatable bonds is 4. The zero-order chi connectivity index (χ0) is 14.4. The summed E-state index contributed by atoms with van der Waals surface area (Å²) in [6.45, 7) is 5.27. The molecule has 0 N–H and O–H groups in total. The van der Waals surface area contributed by atoms with Gasteiger partial charge >= 0.3 is 0 Å². The summed E-state index contributed by atoms with van der Waals surface area (Å²) in [5, 5.41) is 0. The van der Waals surface area contributed by atoms with Gasteiger partial charge in [-0.15, -0.1) is 0 Å². The number of halogens is 1. The van der Waals surface area contributed by atoms with Crippen molar-refractivity contribution >= 4 is 21.8 Å². The lowest BCUT2D eigenvalue weighted by molar-refractivity contribution is 0.0759. The van der Waals surface area contributed by atoms with Gasteiger partial charge in [-0.05, 0) is 37.2 Å². The zero-order valence-electron chi connectivity index (χ0n) is 11.8. The van der Waals surface area contributed by atoms with Gasteiger partial charge in [0.15, 0.2) is 0 Å². The van der Waals surface area contributed by atoms with Crippen LogP contribution in [0.2, 0.25) is 0 Å². The first-order valence-corrected chi connectivity index (χ1v) is 7.76. The Kier molecular flexibility index (Phi) is 6.01. The molecule has 0 unspecified atom stereocenters. The quantitative estimate of drug-likeness (QED) is 0.842. The van der Waals surface area contributed by atoms with Gasteiger partial charge in [0, 0.05) is 43.3 Å². The second kappa shape index (κ2) is 7.76. The first kappa shape index (κ1) is 15.5. The number of amides is 1. The van der Waals surface area contributed by atoms with Crippen molar-refractivity contribution in [1.82, 2.24) is 9.80 Å². The van der Waals surface area contributed by atoms with Crippen LogP contribution in [0.1, 0.15) is 16.8 Å². The van der Waals surface area contributed by atoms with Crippen LogP contribution in [0.3, 0.4) is 0 Å². The Balaban J connectivity index is 1.92. The molecule has 0 bridgehead atoms. The molecule has 1 saturated heterocycles. The van der Waals surface area contributed by atoms with Gasteiger partial charge in [-0.25, -0.2) is 0 Å². The lowest BCUT2D eigenvalue weighted by Crippen LogP contribution is -2.36. The maximum absolute atomic E-state index is 12.5. The van der Waals surface area contributed by atoms with Gasteiger partial charge in [-0.3, -0.25) is 9.69 Å². The van der Waals surface area contributed by atoms with Crippen LogP contribution in [0.5, 0.6) is 0 Å². The minimum atomic E-state index is 0.131. The summed E-state index contributed by atoms with van der Waals surface area (Å²) < 4.78 is 6.11. The van der Waals surface area contributed by atoms with Gasteiger partial charge in [0.2, 0.25) is 0 Å². The Bertz CT molecular complexity index is 436. The minimum absolute atomic E-state index is 0.131. The second-order valence-corrected chi connectivity index (χ2v) is 5.90. The molecule has 5 heteroatoms. The van der Waals surface area contributed by atoms with E-state index >= 15 is 0 Å². The second-order valence-electron chi connectivity index (χ2n) is 4.99. The molecule has 0 atom stereocenters. The molecule has 0 spiro atoms. The number of methoxy groups -OCH3 is 1. The summed E-state index contributed by atoms with van der Waals surface area (Å²) in [5.74, 6) is 0.131. The first-order chi connectivity index (χ1) is 9.70. The fourth-order valence-corrected chi connectivity index (χ4v) is 2.66. The van der Waals surface area contributed by atoms with E-state index in [0.717, 1.165) is 55.8 Å². The third kappa shape index (κ3) is 4.30. The summed E-state index contributed by atoms with van der Waals surface area (Å²) in [5.41, 5.74) is 0.763. The smallest absolute Gasteiger partial charge is 0.253 e. The number of carbonyl (C=O) groups excluding carboxylic acids is 1. The van der Waals surface area contributed by atoms with Crippen molar-refractivity contribution in [2.45, 2.75) is 6.42 Å². The molecule has 1 fully saturated rings. The highest BCUT2D eigenvalue weighted by Crippen LogP contribution is 2.13. The Labute approximate surface area is 128 Å². The van der Waals surface area contributed by atoms with Gasteiger partial charge in [-0.2, -0.15) is 0 Å². The van der Waals surface area contributed by atoms with Crippen LogP contribution in [0, 0.1) is 0 Å². The molecule has 20 heavy (non-hydrogen) atoms. The molecular weight excluding hydrogens is 320 g/mol. The van der Waals surface area contributed by atoms with Crippen molar-refractivity contribution in [2.75, 3.05) is 46.4 Å². The van der Waals surface area contributed by atoms with E-state index in [1.807, 2.05) is 29.2 Å². The molecule has 4 nitrogen and oxygen atoms in total. The number of benzene rings is 1. The SMILES string of the molecule is COCCN1CCCN(C(=O)c2ccc(Br)cc2)CC1. The molecule has 1 aliphatic heterocycles. The minimum Gasteiger partial charge on any atom is -0.383 e. The van der Waals surface area contributed by atoms with E-state index in [1.54, 1.807) is 7.11 Å². The first-order valence-electron chi connectivity index (χ1n) is 6.97. The fraction of sp³-hybridized carbons (Fsp3) is 0.533. The summed E-state index contributed by atoms with van der Waals surface area (Å²) in [6, 6.07) is 7.58. The van der Waals surface area contributed by atoms with Crippen molar-refractivity contribution in [1.29, 1.82) is 0 Å². The van der Waals surface area contributed by atoms with Crippen molar-refractivity contribution in [3.05, 3.63) is 34.3 Å². The normalized spacial score (nSPS) is 17.0. The molecule has 1 aromatic carbocycles. The predicted molar refractivity (Wildman–Crippen MR) is 83.0 cm³/mol. The van der Waals surface area contributed by atoms with Crippen molar-refractivity contribution in [2.24, 2.45) is 0 Å². The molecule has 1 amide bonds. The molecule has 0 aromatic heterocycles. The third-order valence-corrected chi connectivity index (χ3v) is 4.11. The van der Waals surface area contributed by atoms with Crippen molar-refractivity contribution in [3.8, 4) is 0 Å². The van der Waals surface area contributed by atoms with Crippen LogP contribution in [0.4, 0.5) is 0 Å². The number of hydrogen-bond acceptors (Lipinski definition) is 3. The predicted octanol–water partition coefficient (Wildman–Crippen LogP) is 2.24. The Morgan fingerprint density at radius 2 is 1.95 bits per heavy atom. The number of ether oxygens (including phenoxy) is 1. The number of carbonyl (C=O) groups is 1. The largest absolute Gasteiger partial charge is 0.383 e. The molecule has 0 aliphatic carbocycles. The van der Waals surface area contributed by atoms with E-state index < -0.39 is 0 Å². The molecule has 0 radical (unpaired) electrons. The number of hydrogen-bond donors (Lipinski definition) is 0. The molecule has 1 aromatic rings. The lowest BCUT2D eigenvalue weighted by atomic mass is 10.2. The van der Waals surface area contributed by atoms with E-state index in [0.29, 0.717) is 0 Å². The van der Waals surface area contributed by atoms with E-state index in [-0.39, 0.29) is 5.91 Å². The standard InChI is InChI=1S/C15H21BrN2O2/c1-20-12-11-17-7-2-8-18(10-9-17)15(19)13-3-5-14(16)6-4-13/h3-6H,2,7-12H2,1H3. The monoisotopic (exact) mass is 340 g/mol. The Hall–Kier alpha value is -0.910. The molecule has 2 rings (SSSR count). The van der Waals surface area contributed by atoms with E-state index in [4.69, 9.17) is 4.74 Å². The van der Waals surface area contributed by atoms with E-state index in [2.05, 4.69) is 20.8 Å². The van der Waals surface area contributed by atoms with Crippen LogP contribution in [-0.2, 0) is 4.74 Å². The molecule has 1 heterocycles. The third-order valence-electron chi connectivity index (χ3n) is 3.58. The highest BCUT2D eigenvalue weighted by molar-refractivity contribution is 9.10. The van der Waals surface area contributed by atoms with Crippen molar-refractivity contribution in [3.63, 3.8) is 0 Å². The average Bonchev–Trinajstić information content (AvgIpc) is 2.70. The maximum atomic E-state index is 12.5. The highest BCUT2D eigenvalue weighted by Gasteiger charge is 2.19. The Morgan fingerprint density at radius 3 is 2.65 bits per heavy atom. The van der Waals surface area contributed by atoms with Gasteiger partial charge in [-0.1, -0.05) is 15.9 Å². The summed E-state index contributed by atoms with van der Waals surface area (Å²) >= 11 is 3.39. The molecule has 1 aliphatic rings.